The number of aromatic amines is 1. The maximum atomic E-state index is 5.94. The van der Waals surface area contributed by atoms with E-state index in [0.717, 1.165) is 30.6 Å². The van der Waals surface area contributed by atoms with Gasteiger partial charge in [0.1, 0.15) is 0 Å². The number of hydrogen-bond acceptors (Lipinski definition) is 3. The summed E-state index contributed by atoms with van der Waals surface area (Å²) >= 11 is 0. The van der Waals surface area contributed by atoms with Crippen LogP contribution in [-0.2, 0) is 15.9 Å². The zero-order valence-corrected chi connectivity index (χ0v) is 16.8. The molecule has 0 fully saturated rings. The first kappa shape index (κ1) is 19.6. The third-order valence-electron chi connectivity index (χ3n) is 4.85. The minimum Gasteiger partial charge on any atom is -0.379 e. The molecule has 3 aromatic rings. The monoisotopic (exact) mass is 366 g/mol. The Morgan fingerprint density at radius 3 is 2.70 bits per heavy atom. The zero-order chi connectivity index (χ0) is 19.2. The van der Waals surface area contributed by atoms with Gasteiger partial charge in [0, 0.05) is 46.7 Å². The lowest BCUT2D eigenvalue weighted by molar-refractivity contribution is 0.0116. The second-order valence-corrected chi connectivity index (χ2v) is 7.01. The van der Waals surface area contributed by atoms with Crippen molar-refractivity contribution in [1.29, 1.82) is 0 Å². The van der Waals surface area contributed by atoms with Crippen molar-refractivity contribution in [3.05, 3.63) is 53.5 Å². The fourth-order valence-corrected chi connectivity index (χ4v) is 3.40. The molecule has 3 rings (SSSR count). The highest BCUT2D eigenvalue weighted by Crippen LogP contribution is 2.34. The van der Waals surface area contributed by atoms with Crippen molar-refractivity contribution in [2.24, 2.45) is 0 Å². The number of ether oxygens (including phenoxy) is 2. The van der Waals surface area contributed by atoms with Gasteiger partial charge in [-0.2, -0.15) is 0 Å². The number of aryl methyl sites for hydroxylation is 2. The van der Waals surface area contributed by atoms with E-state index in [1.165, 1.54) is 27.7 Å². The van der Waals surface area contributed by atoms with Crippen LogP contribution in [0.15, 0.2) is 36.7 Å². The second kappa shape index (κ2) is 9.16. The van der Waals surface area contributed by atoms with Crippen LogP contribution < -0.4 is 0 Å². The molecule has 0 bridgehead atoms. The highest BCUT2D eigenvalue weighted by Gasteiger charge is 2.15. The Balaban J connectivity index is 1.85. The van der Waals surface area contributed by atoms with E-state index in [-0.39, 0.29) is 6.10 Å². The minimum atomic E-state index is -0.0142. The molecule has 0 saturated heterocycles. The van der Waals surface area contributed by atoms with Crippen LogP contribution in [0.3, 0.4) is 0 Å². The third kappa shape index (κ3) is 4.57. The van der Waals surface area contributed by atoms with Gasteiger partial charge in [0.05, 0.1) is 19.3 Å². The van der Waals surface area contributed by atoms with E-state index < -0.39 is 0 Å². The molecule has 27 heavy (non-hydrogen) atoms. The van der Waals surface area contributed by atoms with Crippen molar-refractivity contribution in [1.82, 2.24) is 9.97 Å². The second-order valence-electron chi connectivity index (χ2n) is 7.01. The molecule has 1 atom stereocenters. The maximum absolute atomic E-state index is 5.94. The zero-order valence-electron chi connectivity index (χ0n) is 16.8. The molecule has 2 aromatic heterocycles. The summed E-state index contributed by atoms with van der Waals surface area (Å²) < 4.78 is 11.4. The topological polar surface area (TPSA) is 47.1 Å². The van der Waals surface area contributed by atoms with E-state index in [4.69, 9.17) is 9.47 Å². The number of H-pyrrole nitrogens is 1. The third-order valence-corrected chi connectivity index (χ3v) is 4.85. The van der Waals surface area contributed by atoms with Crippen LogP contribution in [0.4, 0.5) is 0 Å². The smallest absolute Gasteiger partial charge is 0.0813 e. The van der Waals surface area contributed by atoms with Gasteiger partial charge in [-0.15, -0.1) is 0 Å². The molecule has 0 aliphatic rings. The number of rotatable bonds is 9. The molecule has 0 spiro atoms. The van der Waals surface area contributed by atoms with Gasteiger partial charge >= 0.3 is 0 Å². The van der Waals surface area contributed by atoms with Gasteiger partial charge < -0.3 is 14.5 Å². The summed E-state index contributed by atoms with van der Waals surface area (Å²) in [5.41, 5.74) is 7.17. The average Bonchev–Trinajstić information content (AvgIpc) is 3.05. The van der Waals surface area contributed by atoms with Crippen molar-refractivity contribution in [3.8, 4) is 11.1 Å². The Morgan fingerprint density at radius 1 is 1.07 bits per heavy atom. The van der Waals surface area contributed by atoms with Crippen LogP contribution in [0, 0.1) is 6.92 Å². The summed E-state index contributed by atoms with van der Waals surface area (Å²) in [6, 6.07) is 8.76. The van der Waals surface area contributed by atoms with Crippen LogP contribution in [0.2, 0.25) is 0 Å². The van der Waals surface area contributed by atoms with Gasteiger partial charge in [-0.05, 0) is 50.5 Å². The maximum Gasteiger partial charge on any atom is 0.0813 e. The van der Waals surface area contributed by atoms with Gasteiger partial charge in [0.15, 0.2) is 0 Å². The number of nitrogens with zero attached hydrogens (tertiary/aromatic N) is 1. The van der Waals surface area contributed by atoms with Gasteiger partial charge in [0.2, 0.25) is 0 Å². The lowest BCUT2D eigenvalue weighted by Gasteiger charge is -2.14. The Labute approximate surface area is 161 Å². The lowest BCUT2D eigenvalue weighted by atomic mass is 9.99. The molecule has 0 radical (unpaired) electrons. The Bertz CT molecular complexity index is 885. The molecule has 0 aliphatic heterocycles. The molecule has 1 aromatic carbocycles. The van der Waals surface area contributed by atoms with E-state index >= 15 is 0 Å². The summed E-state index contributed by atoms with van der Waals surface area (Å²) in [5, 5.41) is 1.26. The summed E-state index contributed by atoms with van der Waals surface area (Å²) in [5.74, 6) is 0. The van der Waals surface area contributed by atoms with Crippen LogP contribution in [-0.4, -0.2) is 29.8 Å². The Hall–Kier alpha value is -2.17. The standard InChI is InChI=1S/C23H30N2O2/c1-5-9-26-10-11-27-17(4)18-13-19(15-24-14-18)23-20-12-16(3)7-8-22(20)25-21(23)6-2/h7-8,12-15,17,25H,5-6,9-11H2,1-4H3. The van der Waals surface area contributed by atoms with Gasteiger partial charge in [0.25, 0.3) is 0 Å². The van der Waals surface area contributed by atoms with Crippen LogP contribution in [0.1, 0.15) is 50.1 Å². The van der Waals surface area contributed by atoms with Crippen LogP contribution >= 0.6 is 0 Å². The van der Waals surface area contributed by atoms with E-state index in [2.05, 4.69) is 61.9 Å². The lowest BCUT2D eigenvalue weighted by Crippen LogP contribution is -2.08. The first-order chi connectivity index (χ1) is 13.1. The molecule has 1 N–H and O–H groups in total. The van der Waals surface area contributed by atoms with Gasteiger partial charge in [-0.1, -0.05) is 25.5 Å². The summed E-state index contributed by atoms with van der Waals surface area (Å²) in [6.45, 7) is 10.5. The van der Waals surface area contributed by atoms with Crippen LogP contribution in [0.5, 0.6) is 0 Å². The highest BCUT2D eigenvalue weighted by atomic mass is 16.5. The van der Waals surface area contributed by atoms with Crippen molar-refractivity contribution in [2.45, 2.75) is 46.6 Å². The van der Waals surface area contributed by atoms with E-state index in [1.807, 2.05) is 12.4 Å². The number of pyridine rings is 1. The van der Waals surface area contributed by atoms with Crippen molar-refractivity contribution in [3.63, 3.8) is 0 Å². The number of nitrogens with one attached hydrogen (secondary N) is 1. The molecule has 144 valence electrons. The number of aromatic nitrogens is 2. The SMILES string of the molecule is CCCOCCOC(C)c1cncc(-c2c(CC)[nH]c3ccc(C)cc23)c1. The van der Waals surface area contributed by atoms with Crippen molar-refractivity contribution in [2.75, 3.05) is 19.8 Å². The first-order valence-corrected chi connectivity index (χ1v) is 9.89. The normalized spacial score (nSPS) is 12.6. The highest BCUT2D eigenvalue weighted by molar-refractivity contribution is 5.97. The van der Waals surface area contributed by atoms with Crippen LogP contribution in [0.25, 0.3) is 22.0 Å². The summed E-state index contributed by atoms with van der Waals surface area (Å²) in [7, 11) is 0. The molecule has 2 heterocycles. The average molecular weight is 367 g/mol. The predicted octanol–water partition coefficient (Wildman–Crippen LogP) is 5.60. The quantitative estimate of drug-likeness (QED) is 0.501. The van der Waals surface area contributed by atoms with Gasteiger partial charge in [-0.25, -0.2) is 0 Å². The molecule has 0 saturated carbocycles. The van der Waals surface area contributed by atoms with E-state index in [9.17, 15) is 0 Å². The predicted molar refractivity (Wildman–Crippen MR) is 111 cm³/mol. The fraction of sp³-hybridized carbons (Fsp3) is 0.435. The molecule has 0 amide bonds. The fourth-order valence-electron chi connectivity index (χ4n) is 3.40. The molecular weight excluding hydrogens is 336 g/mol. The number of benzene rings is 1. The van der Waals surface area contributed by atoms with E-state index in [0.29, 0.717) is 13.2 Å². The molecule has 4 heteroatoms. The first-order valence-electron chi connectivity index (χ1n) is 9.89. The van der Waals surface area contributed by atoms with Gasteiger partial charge in [-0.3, -0.25) is 4.98 Å². The van der Waals surface area contributed by atoms with Crippen molar-refractivity contribution < 1.29 is 9.47 Å². The van der Waals surface area contributed by atoms with Crippen molar-refractivity contribution >= 4 is 10.9 Å². The largest absolute Gasteiger partial charge is 0.379 e. The molecule has 4 nitrogen and oxygen atoms in total. The molecule has 0 aliphatic carbocycles. The number of hydrogen-bond donors (Lipinski definition) is 1. The minimum absolute atomic E-state index is 0.0142. The Kier molecular flexibility index (Phi) is 6.64. The number of fused-ring (bicyclic) bond motifs is 1. The summed E-state index contributed by atoms with van der Waals surface area (Å²) in [4.78, 5) is 8.07. The Morgan fingerprint density at radius 2 is 1.93 bits per heavy atom. The van der Waals surface area contributed by atoms with E-state index in [1.54, 1.807) is 0 Å². The molecular formula is C23H30N2O2. The summed E-state index contributed by atoms with van der Waals surface area (Å²) in [6.07, 6.45) is 5.82. The molecule has 1 unspecified atom stereocenters.